The summed E-state index contributed by atoms with van der Waals surface area (Å²) in [7, 11) is 1.26. The Balaban J connectivity index is 1.88. The molecule has 0 aromatic heterocycles. The lowest BCUT2D eigenvalue weighted by Crippen LogP contribution is -2.49. The molecule has 34 heavy (non-hydrogen) atoms. The van der Waals surface area contributed by atoms with Crippen LogP contribution in [-0.2, 0) is 19.1 Å². The van der Waals surface area contributed by atoms with E-state index in [9.17, 15) is 19.7 Å². The number of nitro groups is 1. The third-order valence-electron chi connectivity index (χ3n) is 5.01. The van der Waals surface area contributed by atoms with Crippen molar-refractivity contribution in [2.75, 3.05) is 23.6 Å². The number of anilines is 2. The Hall–Kier alpha value is -3.51. The highest BCUT2D eigenvalue weighted by Gasteiger charge is 2.58. The summed E-state index contributed by atoms with van der Waals surface area (Å²) in [4.78, 5) is 38.3. The monoisotopic (exact) mass is 500 g/mol. The van der Waals surface area contributed by atoms with Crippen molar-refractivity contribution in [3.8, 4) is 0 Å². The molecule has 0 aliphatic carbocycles. The summed E-state index contributed by atoms with van der Waals surface area (Å²) < 4.78 is 9.04. The van der Waals surface area contributed by atoms with Gasteiger partial charge in [0.05, 0.1) is 24.3 Å². The minimum Gasteiger partial charge on any atom is -0.464 e. The van der Waals surface area contributed by atoms with Crippen molar-refractivity contribution < 1.29 is 24.0 Å². The van der Waals surface area contributed by atoms with Gasteiger partial charge in [-0.05, 0) is 49.9 Å². The van der Waals surface area contributed by atoms with E-state index < -0.39 is 21.2 Å². The zero-order chi connectivity index (χ0) is 24.5. The number of ether oxygens (including phenoxy) is 2. The van der Waals surface area contributed by atoms with E-state index in [0.29, 0.717) is 16.3 Å². The van der Waals surface area contributed by atoms with E-state index in [2.05, 4.69) is 5.10 Å². The van der Waals surface area contributed by atoms with Gasteiger partial charge in [0, 0.05) is 23.5 Å². The van der Waals surface area contributed by atoms with Gasteiger partial charge in [-0.25, -0.2) is 14.6 Å². The Bertz CT molecular complexity index is 1200. The number of hydrogen-bond donors (Lipinski definition) is 0. The van der Waals surface area contributed by atoms with Gasteiger partial charge < -0.3 is 14.4 Å². The molecule has 0 radical (unpaired) electrons. The number of benzene rings is 2. The second kappa shape index (κ2) is 9.39. The highest BCUT2D eigenvalue weighted by molar-refractivity contribution is 8.29. The Morgan fingerprint density at radius 2 is 1.74 bits per heavy atom. The summed E-state index contributed by atoms with van der Waals surface area (Å²) in [5.41, 5.74) is 1.79. The highest BCUT2D eigenvalue weighted by atomic mass is 32.2. The Morgan fingerprint density at radius 3 is 2.32 bits per heavy atom. The molecule has 12 heteroatoms. The van der Waals surface area contributed by atoms with Gasteiger partial charge in [-0.1, -0.05) is 30.0 Å². The van der Waals surface area contributed by atoms with Crippen molar-refractivity contribution in [1.82, 2.24) is 0 Å². The van der Waals surface area contributed by atoms with E-state index in [-0.39, 0.29) is 17.3 Å². The molecule has 0 N–H and O–H groups in total. The van der Waals surface area contributed by atoms with Crippen molar-refractivity contribution >= 4 is 57.6 Å². The maximum Gasteiger partial charge on any atom is 0.365 e. The molecule has 0 fully saturated rings. The van der Waals surface area contributed by atoms with Crippen LogP contribution in [0, 0.1) is 10.1 Å². The van der Waals surface area contributed by atoms with Crippen LogP contribution < -0.4 is 9.91 Å². The van der Waals surface area contributed by atoms with E-state index in [0.717, 1.165) is 17.4 Å². The predicted molar refractivity (Wildman–Crippen MR) is 131 cm³/mol. The van der Waals surface area contributed by atoms with Crippen LogP contribution >= 0.6 is 23.5 Å². The van der Waals surface area contributed by atoms with E-state index in [4.69, 9.17) is 9.47 Å². The molecular formula is C22H20N4O6S2. The first-order chi connectivity index (χ1) is 16.3. The van der Waals surface area contributed by atoms with Gasteiger partial charge in [0.1, 0.15) is 4.91 Å². The predicted octanol–water partition coefficient (Wildman–Crippen LogP) is 4.29. The van der Waals surface area contributed by atoms with E-state index in [1.54, 1.807) is 31.0 Å². The van der Waals surface area contributed by atoms with E-state index in [1.165, 1.54) is 31.0 Å². The molecule has 2 aliphatic rings. The number of hydrogen-bond acceptors (Lipinski definition) is 11. The summed E-state index contributed by atoms with van der Waals surface area (Å²) in [5, 5.41) is 17.3. The number of carbonyl (C=O) groups is 2. The molecule has 10 nitrogen and oxygen atoms in total. The first-order valence-corrected chi connectivity index (χ1v) is 11.8. The molecule has 0 amide bonds. The molecule has 1 unspecified atom stereocenters. The van der Waals surface area contributed by atoms with Crippen molar-refractivity contribution in [2.24, 2.45) is 5.10 Å². The van der Waals surface area contributed by atoms with Crippen LogP contribution in [-0.4, -0.2) is 39.9 Å². The molecule has 2 aromatic carbocycles. The number of hydrazone groups is 1. The molecule has 2 aliphatic heterocycles. The highest BCUT2D eigenvalue weighted by Crippen LogP contribution is 2.60. The largest absolute Gasteiger partial charge is 0.464 e. The fourth-order valence-corrected chi connectivity index (χ4v) is 6.51. The topological polar surface area (TPSA) is 115 Å². The number of nitrogens with zero attached hydrogens (tertiary/aromatic N) is 4. The van der Waals surface area contributed by atoms with E-state index in [1.807, 2.05) is 35.2 Å². The summed E-state index contributed by atoms with van der Waals surface area (Å²) in [6, 6.07) is 15.2. The third-order valence-corrected chi connectivity index (χ3v) is 7.86. The molecule has 1 spiro atoms. The maximum atomic E-state index is 12.8. The number of esters is 2. The molecular weight excluding hydrogens is 480 g/mol. The number of non-ortho nitro benzene ring substituents is 1. The van der Waals surface area contributed by atoms with Crippen molar-refractivity contribution in [2.45, 2.75) is 18.2 Å². The smallest absolute Gasteiger partial charge is 0.365 e. The van der Waals surface area contributed by atoms with Crippen LogP contribution in [0.2, 0.25) is 0 Å². The summed E-state index contributed by atoms with van der Waals surface area (Å²) in [5.74, 6) is -1.12. The minimum atomic E-state index is -1.16. The van der Waals surface area contributed by atoms with Crippen molar-refractivity contribution in [1.29, 1.82) is 0 Å². The van der Waals surface area contributed by atoms with E-state index >= 15 is 0 Å². The molecule has 2 heterocycles. The SMILES string of the molecule is CCOC(=O)C1=C(C)N(c2ccccc2)C2(SC(C(=O)OC)=NN2c2ccc([N+](=O)[O-])cc2)S1. The number of thioether (sulfide) groups is 2. The molecule has 0 saturated carbocycles. The fraction of sp³-hybridized carbons (Fsp3) is 0.227. The average molecular weight is 501 g/mol. The molecule has 2 aromatic rings. The van der Waals surface area contributed by atoms with Crippen LogP contribution in [0.25, 0.3) is 0 Å². The second-order valence-corrected chi connectivity index (χ2v) is 9.64. The van der Waals surface area contributed by atoms with Crippen LogP contribution in [0.4, 0.5) is 17.1 Å². The first kappa shape index (κ1) is 23.6. The van der Waals surface area contributed by atoms with Gasteiger partial charge in [0.15, 0.2) is 0 Å². The zero-order valence-corrected chi connectivity index (χ0v) is 20.1. The summed E-state index contributed by atoms with van der Waals surface area (Å²) >= 11 is 2.31. The van der Waals surface area contributed by atoms with Gasteiger partial charge in [0.2, 0.25) is 9.37 Å². The molecule has 176 valence electrons. The molecule has 0 bridgehead atoms. The number of allylic oxidation sites excluding steroid dienone is 1. The lowest BCUT2D eigenvalue weighted by atomic mass is 10.2. The van der Waals surface area contributed by atoms with Crippen LogP contribution in [0.1, 0.15) is 13.8 Å². The zero-order valence-electron chi connectivity index (χ0n) is 18.5. The van der Waals surface area contributed by atoms with Crippen molar-refractivity contribution in [3.63, 3.8) is 0 Å². The number of para-hydroxylation sites is 1. The van der Waals surface area contributed by atoms with Gasteiger partial charge >= 0.3 is 11.9 Å². The third kappa shape index (κ3) is 3.99. The Morgan fingerprint density at radius 1 is 1.06 bits per heavy atom. The van der Waals surface area contributed by atoms with Gasteiger partial charge in [-0.2, -0.15) is 5.10 Å². The molecule has 0 saturated heterocycles. The first-order valence-electron chi connectivity index (χ1n) is 10.1. The quantitative estimate of drug-likeness (QED) is 0.323. The Labute approximate surface area is 203 Å². The van der Waals surface area contributed by atoms with Crippen LogP contribution in [0.5, 0.6) is 0 Å². The van der Waals surface area contributed by atoms with Gasteiger partial charge in [-0.3, -0.25) is 10.1 Å². The van der Waals surface area contributed by atoms with Crippen molar-refractivity contribution in [3.05, 3.63) is 75.3 Å². The number of rotatable bonds is 6. The second-order valence-electron chi connectivity index (χ2n) is 7.04. The standard InChI is InChI=1S/C22H20N4O6S2/c1-4-32-20(27)18-14(2)24(15-8-6-5-7-9-15)22(33-18)25(23-19(34-22)21(28)31-3)16-10-12-17(13-11-16)26(29)30/h5-13H,4H2,1-3H3. The number of carbonyl (C=O) groups excluding carboxylic acids is 2. The fourth-order valence-electron chi connectivity index (χ4n) is 3.54. The minimum absolute atomic E-state index is 0.0761. The lowest BCUT2D eigenvalue weighted by molar-refractivity contribution is -0.384. The maximum absolute atomic E-state index is 12.8. The Kier molecular flexibility index (Phi) is 6.53. The average Bonchev–Trinajstić information content (AvgIpc) is 3.36. The normalized spacial score (nSPS) is 19.4. The van der Waals surface area contributed by atoms with Crippen LogP contribution in [0.3, 0.4) is 0 Å². The molecule has 4 rings (SSSR count). The van der Waals surface area contributed by atoms with Gasteiger partial charge in [-0.15, -0.1) is 0 Å². The number of nitro benzene ring substituents is 1. The number of methoxy groups -OCH3 is 1. The van der Waals surface area contributed by atoms with Crippen LogP contribution in [0.15, 0.2) is 70.3 Å². The lowest BCUT2D eigenvalue weighted by Gasteiger charge is -2.41. The summed E-state index contributed by atoms with van der Waals surface area (Å²) in [6.07, 6.45) is 0. The van der Waals surface area contributed by atoms with Gasteiger partial charge in [0.25, 0.3) is 5.69 Å². The molecule has 1 atom stereocenters. The summed E-state index contributed by atoms with van der Waals surface area (Å²) in [6.45, 7) is 3.73.